The summed E-state index contributed by atoms with van der Waals surface area (Å²) in [5, 5.41) is 9.66. The molecule has 1 unspecified atom stereocenters. The molecule has 0 fully saturated rings. The molecule has 0 aromatic heterocycles. The van der Waals surface area contributed by atoms with E-state index in [2.05, 4.69) is 15.9 Å². The molecule has 0 aliphatic carbocycles. The van der Waals surface area contributed by atoms with Crippen LogP contribution in [0.1, 0.15) is 21.8 Å². The van der Waals surface area contributed by atoms with E-state index in [4.69, 9.17) is 11.6 Å². The fraction of sp³-hybridized carbons (Fsp3) is 0.0667. The molecule has 1 atom stereocenters. The Morgan fingerprint density at radius 1 is 1.30 bits per heavy atom. The van der Waals surface area contributed by atoms with Crippen LogP contribution in [0.3, 0.4) is 0 Å². The van der Waals surface area contributed by atoms with E-state index in [0.717, 1.165) is 6.07 Å². The van der Waals surface area contributed by atoms with Crippen LogP contribution in [0.5, 0.6) is 0 Å². The van der Waals surface area contributed by atoms with Crippen molar-refractivity contribution < 1.29 is 9.18 Å². The van der Waals surface area contributed by atoms with Crippen molar-refractivity contribution in [1.29, 1.82) is 5.26 Å². The van der Waals surface area contributed by atoms with Gasteiger partial charge >= 0.3 is 0 Å². The topological polar surface area (TPSA) is 40.9 Å². The summed E-state index contributed by atoms with van der Waals surface area (Å²) in [7, 11) is 0. The second-order valence-electron chi connectivity index (χ2n) is 4.14. The van der Waals surface area contributed by atoms with Crippen LogP contribution in [-0.4, -0.2) is 5.78 Å². The molecule has 0 spiro atoms. The minimum absolute atomic E-state index is 0.142. The zero-order chi connectivity index (χ0) is 14.7. The Morgan fingerprint density at radius 2 is 2.05 bits per heavy atom. The normalized spacial score (nSPS) is 11.7. The summed E-state index contributed by atoms with van der Waals surface area (Å²) in [6.07, 6.45) is 0. The third-order valence-electron chi connectivity index (χ3n) is 2.72. The summed E-state index contributed by atoms with van der Waals surface area (Å²) in [4.78, 5) is 12.3. The number of rotatable bonds is 3. The summed E-state index contributed by atoms with van der Waals surface area (Å²) in [6.45, 7) is 0. The second-order valence-corrected chi connectivity index (χ2v) is 5.49. The molecule has 2 nitrogen and oxygen atoms in total. The van der Waals surface area contributed by atoms with Gasteiger partial charge in [-0.15, -0.1) is 0 Å². The van der Waals surface area contributed by atoms with Crippen LogP contribution < -0.4 is 0 Å². The summed E-state index contributed by atoms with van der Waals surface area (Å²) in [5.41, 5.74) is 0.633. The lowest BCUT2D eigenvalue weighted by atomic mass is 9.92. The molecule has 0 heterocycles. The number of hydrogen-bond acceptors (Lipinski definition) is 2. The van der Waals surface area contributed by atoms with Gasteiger partial charge in [-0.05, 0) is 35.9 Å². The van der Waals surface area contributed by atoms with E-state index in [1.54, 1.807) is 24.3 Å². The van der Waals surface area contributed by atoms with Gasteiger partial charge in [0, 0.05) is 15.1 Å². The summed E-state index contributed by atoms with van der Waals surface area (Å²) in [6, 6.07) is 12.3. The second kappa shape index (κ2) is 6.17. The van der Waals surface area contributed by atoms with Gasteiger partial charge in [0.05, 0.1) is 6.07 Å². The van der Waals surface area contributed by atoms with E-state index in [1.807, 2.05) is 6.07 Å². The molecule has 0 saturated heterocycles. The molecule has 20 heavy (non-hydrogen) atoms. The Bertz CT molecular complexity index is 691. The zero-order valence-electron chi connectivity index (χ0n) is 10.1. The maximum atomic E-state index is 13.3. The first-order valence-corrected chi connectivity index (χ1v) is 6.84. The van der Waals surface area contributed by atoms with Crippen molar-refractivity contribution in [3.05, 3.63) is 68.9 Å². The van der Waals surface area contributed by atoms with Crippen LogP contribution in [0, 0.1) is 17.1 Å². The fourth-order valence-electron chi connectivity index (χ4n) is 1.83. The third kappa shape index (κ3) is 3.24. The largest absolute Gasteiger partial charge is 0.292 e. The molecule has 0 N–H and O–H groups in total. The number of ketones is 1. The molecule has 0 radical (unpaired) electrons. The van der Waals surface area contributed by atoms with Crippen LogP contribution >= 0.6 is 27.5 Å². The van der Waals surface area contributed by atoms with Crippen molar-refractivity contribution in [2.75, 3.05) is 0 Å². The summed E-state index contributed by atoms with van der Waals surface area (Å²) >= 11 is 8.98. The van der Waals surface area contributed by atoms with Crippen molar-refractivity contribution in [3.63, 3.8) is 0 Å². The number of nitrogens with zero attached hydrogens (tertiary/aromatic N) is 1. The highest BCUT2D eigenvalue weighted by molar-refractivity contribution is 9.10. The van der Waals surface area contributed by atoms with Gasteiger partial charge in [-0.2, -0.15) is 5.26 Å². The van der Waals surface area contributed by atoms with Gasteiger partial charge in [-0.3, -0.25) is 4.79 Å². The van der Waals surface area contributed by atoms with Crippen molar-refractivity contribution in [1.82, 2.24) is 0 Å². The molecular formula is C15H8BrClFNO. The maximum absolute atomic E-state index is 13.3. The zero-order valence-corrected chi connectivity index (χ0v) is 12.5. The number of carbonyl (C=O) groups excluding carboxylic acids is 1. The molecule has 100 valence electrons. The summed E-state index contributed by atoms with van der Waals surface area (Å²) < 4.78 is 13.8. The number of benzene rings is 2. The van der Waals surface area contributed by atoms with Crippen LogP contribution in [0.4, 0.5) is 4.39 Å². The fourth-order valence-corrected chi connectivity index (χ4v) is 2.50. The Kier molecular flexibility index (Phi) is 4.53. The molecular weight excluding hydrogens is 345 g/mol. The molecule has 0 amide bonds. The smallest absolute Gasteiger partial charge is 0.184 e. The van der Waals surface area contributed by atoms with E-state index >= 15 is 0 Å². The molecule has 0 bridgehead atoms. The lowest BCUT2D eigenvalue weighted by Crippen LogP contribution is -2.11. The average molecular weight is 353 g/mol. The quantitative estimate of drug-likeness (QED) is 0.749. The van der Waals surface area contributed by atoms with E-state index in [1.165, 1.54) is 12.1 Å². The maximum Gasteiger partial charge on any atom is 0.184 e. The van der Waals surface area contributed by atoms with E-state index < -0.39 is 17.5 Å². The molecule has 0 saturated carbocycles. The Balaban J connectivity index is 2.42. The van der Waals surface area contributed by atoms with Crippen molar-refractivity contribution in [2.24, 2.45) is 0 Å². The van der Waals surface area contributed by atoms with Crippen LogP contribution in [0.15, 0.2) is 46.9 Å². The Morgan fingerprint density at radius 3 is 2.65 bits per heavy atom. The number of nitriles is 1. The van der Waals surface area contributed by atoms with E-state index in [9.17, 15) is 14.4 Å². The molecule has 2 aromatic rings. The molecule has 2 aromatic carbocycles. The number of halogens is 3. The Labute approximate surface area is 128 Å². The lowest BCUT2D eigenvalue weighted by Gasteiger charge is -2.09. The highest BCUT2D eigenvalue weighted by Gasteiger charge is 2.22. The predicted octanol–water partition coefficient (Wildman–Crippen LogP) is 4.73. The minimum Gasteiger partial charge on any atom is -0.292 e. The van der Waals surface area contributed by atoms with Gasteiger partial charge in [-0.1, -0.05) is 39.7 Å². The number of Topliss-reactive ketones (excluding diaryl/α,β-unsaturated/α-hetero) is 1. The molecule has 0 aliphatic heterocycles. The van der Waals surface area contributed by atoms with E-state index in [-0.39, 0.29) is 5.56 Å². The van der Waals surface area contributed by atoms with Gasteiger partial charge < -0.3 is 0 Å². The number of hydrogen-bond donors (Lipinski definition) is 0. The Hall–Kier alpha value is -1.70. The molecule has 5 heteroatoms. The van der Waals surface area contributed by atoms with Crippen molar-refractivity contribution >= 4 is 33.3 Å². The number of carbonyl (C=O) groups is 1. The van der Waals surface area contributed by atoms with Gasteiger partial charge in [0.1, 0.15) is 11.7 Å². The lowest BCUT2D eigenvalue weighted by molar-refractivity contribution is 0.0978. The highest BCUT2D eigenvalue weighted by atomic mass is 79.9. The first-order chi connectivity index (χ1) is 9.51. The summed E-state index contributed by atoms with van der Waals surface area (Å²) in [5.74, 6) is -2.01. The first kappa shape index (κ1) is 14.7. The van der Waals surface area contributed by atoms with Gasteiger partial charge in [0.15, 0.2) is 5.78 Å². The van der Waals surface area contributed by atoms with Crippen LogP contribution in [0.2, 0.25) is 5.02 Å². The minimum atomic E-state index is -1.01. The predicted molar refractivity (Wildman–Crippen MR) is 78.2 cm³/mol. The van der Waals surface area contributed by atoms with Gasteiger partial charge in [0.2, 0.25) is 0 Å². The van der Waals surface area contributed by atoms with Gasteiger partial charge in [-0.25, -0.2) is 4.39 Å². The van der Waals surface area contributed by atoms with Crippen molar-refractivity contribution in [3.8, 4) is 6.07 Å². The van der Waals surface area contributed by atoms with Gasteiger partial charge in [0.25, 0.3) is 0 Å². The average Bonchev–Trinajstić information content (AvgIpc) is 2.38. The first-order valence-electron chi connectivity index (χ1n) is 5.66. The monoisotopic (exact) mass is 351 g/mol. The SMILES string of the molecule is N#CC(C(=O)c1cc(F)cc(Br)c1)c1cccc(Cl)c1. The van der Waals surface area contributed by atoms with Crippen molar-refractivity contribution in [2.45, 2.75) is 5.92 Å². The molecule has 2 rings (SSSR count). The highest BCUT2D eigenvalue weighted by Crippen LogP contribution is 2.25. The molecule has 0 aliphatic rings. The van der Waals surface area contributed by atoms with E-state index in [0.29, 0.717) is 15.1 Å². The van der Waals surface area contributed by atoms with Crippen LogP contribution in [0.25, 0.3) is 0 Å². The van der Waals surface area contributed by atoms with Crippen LogP contribution in [-0.2, 0) is 0 Å². The standard InChI is InChI=1S/C15H8BrClFNO/c16-11-4-10(6-13(18)7-11)15(20)14(8-19)9-2-1-3-12(17)5-9/h1-7,14H. The third-order valence-corrected chi connectivity index (χ3v) is 3.41.